The lowest BCUT2D eigenvalue weighted by atomic mass is 10.1. The highest BCUT2D eigenvalue weighted by molar-refractivity contribution is 8.14. The Labute approximate surface area is 160 Å². The predicted octanol–water partition coefficient (Wildman–Crippen LogP) is 5.08. The normalized spacial score (nSPS) is 13.0. The minimum absolute atomic E-state index is 0.130. The number of ether oxygens (including phenoxy) is 1. The standard InChI is InChI=1S/C22H27NO2S/c1-4-8-20(23-16-18-11-13-21(25-3)14-12-18)15-17(2)26-22(24)19-9-6-5-7-10-19/h4-7,9-14,17,20,23H,1,8,15-16H2,2-3H3. The first kappa shape index (κ1) is 20.3. The van der Waals surface area contributed by atoms with E-state index in [1.807, 2.05) is 48.5 Å². The van der Waals surface area contributed by atoms with E-state index in [4.69, 9.17) is 4.74 Å². The molecule has 0 heterocycles. The lowest BCUT2D eigenvalue weighted by Gasteiger charge is -2.21. The van der Waals surface area contributed by atoms with Gasteiger partial charge in [-0.1, -0.05) is 67.2 Å². The van der Waals surface area contributed by atoms with Gasteiger partial charge in [-0.3, -0.25) is 4.79 Å². The molecule has 1 N–H and O–H groups in total. The summed E-state index contributed by atoms with van der Waals surface area (Å²) >= 11 is 1.40. The largest absolute Gasteiger partial charge is 0.497 e. The topological polar surface area (TPSA) is 38.3 Å². The van der Waals surface area contributed by atoms with Gasteiger partial charge in [0.2, 0.25) is 5.12 Å². The van der Waals surface area contributed by atoms with Gasteiger partial charge in [-0.25, -0.2) is 0 Å². The second-order valence-electron chi connectivity index (χ2n) is 6.27. The maximum Gasteiger partial charge on any atom is 0.219 e. The molecule has 4 heteroatoms. The maximum absolute atomic E-state index is 12.3. The van der Waals surface area contributed by atoms with Crippen molar-refractivity contribution < 1.29 is 9.53 Å². The fraction of sp³-hybridized carbons (Fsp3) is 0.318. The molecule has 0 bridgehead atoms. The Balaban J connectivity index is 1.85. The first-order valence-electron chi connectivity index (χ1n) is 8.85. The van der Waals surface area contributed by atoms with E-state index >= 15 is 0 Å². The molecular weight excluding hydrogens is 342 g/mol. The smallest absolute Gasteiger partial charge is 0.219 e. The van der Waals surface area contributed by atoms with Crippen LogP contribution in [0.15, 0.2) is 67.3 Å². The van der Waals surface area contributed by atoms with Crippen LogP contribution in [0.25, 0.3) is 0 Å². The summed E-state index contributed by atoms with van der Waals surface area (Å²) in [6, 6.07) is 17.8. The molecule has 0 aromatic heterocycles. The molecule has 2 aromatic carbocycles. The minimum atomic E-state index is 0.130. The number of thioether (sulfide) groups is 1. The van der Waals surface area contributed by atoms with Crippen LogP contribution in [0, 0.1) is 0 Å². The Kier molecular flexibility index (Phi) is 8.45. The Morgan fingerprint density at radius 3 is 2.50 bits per heavy atom. The zero-order chi connectivity index (χ0) is 18.8. The first-order valence-corrected chi connectivity index (χ1v) is 9.73. The lowest BCUT2D eigenvalue weighted by Crippen LogP contribution is -2.30. The Hall–Kier alpha value is -2.04. The highest BCUT2D eigenvalue weighted by Gasteiger charge is 2.16. The van der Waals surface area contributed by atoms with Crippen molar-refractivity contribution in [1.82, 2.24) is 5.32 Å². The molecule has 0 aliphatic heterocycles. The molecule has 26 heavy (non-hydrogen) atoms. The zero-order valence-electron chi connectivity index (χ0n) is 15.5. The van der Waals surface area contributed by atoms with E-state index in [0.29, 0.717) is 6.04 Å². The van der Waals surface area contributed by atoms with E-state index in [1.54, 1.807) is 7.11 Å². The van der Waals surface area contributed by atoms with Crippen LogP contribution in [0.3, 0.4) is 0 Å². The van der Waals surface area contributed by atoms with E-state index in [-0.39, 0.29) is 10.4 Å². The molecule has 2 atom stereocenters. The van der Waals surface area contributed by atoms with Crippen molar-refractivity contribution in [2.45, 2.75) is 37.6 Å². The third kappa shape index (κ3) is 6.70. The Morgan fingerprint density at radius 1 is 1.19 bits per heavy atom. The van der Waals surface area contributed by atoms with Crippen LogP contribution in [0.4, 0.5) is 0 Å². The van der Waals surface area contributed by atoms with Gasteiger partial charge in [-0.05, 0) is 30.5 Å². The van der Waals surface area contributed by atoms with Crippen LogP contribution >= 0.6 is 11.8 Å². The van der Waals surface area contributed by atoms with Gasteiger partial charge in [0.05, 0.1) is 7.11 Å². The molecule has 0 radical (unpaired) electrons. The van der Waals surface area contributed by atoms with Crippen molar-refractivity contribution in [3.05, 3.63) is 78.4 Å². The number of carbonyl (C=O) groups excluding carboxylic acids is 1. The van der Waals surface area contributed by atoms with Crippen LogP contribution in [0.2, 0.25) is 0 Å². The highest BCUT2D eigenvalue weighted by Crippen LogP contribution is 2.22. The number of benzene rings is 2. The van der Waals surface area contributed by atoms with Crippen LogP contribution in [-0.4, -0.2) is 23.5 Å². The number of hydrogen-bond acceptors (Lipinski definition) is 4. The first-order chi connectivity index (χ1) is 12.6. The number of rotatable bonds is 10. The molecule has 0 aliphatic carbocycles. The van der Waals surface area contributed by atoms with Gasteiger partial charge < -0.3 is 10.1 Å². The fourth-order valence-corrected chi connectivity index (χ4v) is 3.71. The predicted molar refractivity (Wildman–Crippen MR) is 111 cm³/mol. The molecule has 0 fully saturated rings. The number of nitrogens with one attached hydrogen (secondary N) is 1. The Bertz CT molecular complexity index is 685. The third-order valence-corrected chi connectivity index (χ3v) is 5.18. The number of carbonyl (C=O) groups is 1. The van der Waals surface area contributed by atoms with Crippen molar-refractivity contribution in [2.24, 2.45) is 0 Å². The monoisotopic (exact) mass is 369 g/mol. The third-order valence-electron chi connectivity index (χ3n) is 4.14. The maximum atomic E-state index is 12.3. The molecule has 0 saturated carbocycles. The highest BCUT2D eigenvalue weighted by atomic mass is 32.2. The summed E-state index contributed by atoms with van der Waals surface area (Å²) in [7, 11) is 1.67. The molecule has 0 spiro atoms. The fourth-order valence-electron chi connectivity index (χ4n) is 2.74. The van der Waals surface area contributed by atoms with Crippen molar-refractivity contribution in [2.75, 3.05) is 7.11 Å². The number of methoxy groups -OCH3 is 1. The molecule has 2 aromatic rings. The SMILES string of the molecule is C=CCC(CC(C)SC(=O)c1ccccc1)NCc1ccc(OC)cc1. The average molecular weight is 370 g/mol. The van der Waals surface area contributed by atoms with Crippen LogP contribution in [0.5, 0.6) is 5.75 Å². The second-order valence-corrected chi connectivity index (χ2v) is 7.68. The molecular formula is C22H27NO2S. The van der Waals surface area contributed by atoms with Gasteiger partial charge in [0.1, 0.15) is 5.75 Å². The molecule has 0 amide bonds. The van der Waals surface area contributed by atoms with Crippen LogP contribution < -0.4 is 10.1 Å². The molecule has 2 rings (SSSR count). The number of hydrogen-bond donors (Lipinski definition) is 1. The van der Waals surface area contributed by atoms with E-state index in [2.05, 4.69) is 31.0 Å². The van der Waals surface area contributed by atoms with Gasteiger partial charge in [0.25, 0.3) is 0 Å². The van der Waals surface area contributed by atoms with Crippen LogP contribution in [0.1, 0.15) is 35.7 Å². The molecule has 138 valence electrons. The summed E-state index contributed by atoms with van der Waals surface area (Å²) < 4.78 is 5.19. The summed E-state index contributed by atoms with van der Waals surface area (Å²) in [6.07, 6.45) is 3.72. The average Bonchev–Trinajstić information content (AvgIpc) is 2.67. The van der Waals surface area contributed by atoms with E-state index in [1.165, 1.54) is 17.3 Å². The minimum Gasteiger partial charge on any atom is -0.497 e. The van der Waals surface area contributed by atoms with Gasteiger partial charge in [-0.2, -0.15) is 0 Å². The summed E-state index contributed by atoms with van der Waals surface area (Å²) in [4.78, 5) is 12.3. The van der Waals surface area contributed by atoms with Gasteiger partial charge in [0.15, 0.2) is 0 Å². The summed E-state index contributed by atoms with van der Waals surface area (Å²) in [5.74, 6) is 0.862. The molecule has 0 saturated heterocycles. The van der Waals surface area contributed by atoms with Crippen molar-refractivity contribution >= 4 is 16.9 Å². The zero-order valence-corrected chi connectivity index (χ0v) is 16.3. The molecule has 3 nitrogen and oxygen atoms in total. The second kappa shape index (κ2) is 10.8. The van der Waals surface area contributed by atoms with E-state index in [9.17, 15) is 4.79 Å². The summed E-state index contributed by atoms with van der Waals surface area (Å²) in [5.41, 5.74) is 1.97. The van der Waals surface area contributed by atoms with Crippen LogP contribution in [-0.2, 0) is 6.54 Å². The van der Waals surface area contributed by atoms with Gasteiger partial charge >= 0.3 is 0 Å². The van der Waals surface area contributed by atoms with E-state index in [0.717, 1.165) is 30.7 Å². The van der Waals surface area contributed by atoms with Gasteiger partial charge in [0, 0.05) is 23.4 Å². The van der Waals surface area contributed by atoms with E-state index < -0.39 is 0 Å². The lowest BCUT2D eigenvalue weighted by molar-refractivity contribution is 0.108. The van der Waals surface area contributed by atoms with Gasteiger partial charge in [-0.15, -0.1) is 6.58 Å². The summed E-state index contributed by atoms with van der Waals surface area (Å²) in [6.45, 7) is 6.76. The molecule has 0 aliphatic rings. The van der Waals surface area contributed by atoms with Crippen molar-refractivity contribution in [3.63, 3.8) is 0 Å². The van der Waals surface area contributed by atoms with Crippen molar-refractivity contribution in [3.8, 4) is 5.75 Å². The Morgan fingerprint density at radius 2 is 1.88 bits per heavy atom. The quantitative estimate of drug-likeness (QED) is 0.593. The molecule has 2 unspecified atom stereocenters. The van der Waals surface area contributed by atoms with Crippen molar-refractivity contribution in [1.29, 1.82) is 0 Å². The summed E-state index contributed by atoms with van der Waals surface area (Å²) in [5, 5.41) is 3.94.